The van der Waals surface area contributed by atoms with Crippen LogP contribution in [0.5, 0.6) is 0 Å². The standard InChI is InChI=1S/C17H17N3O2/c1-10-6-16(21)14(9-18-10)17(22)19-8-12-3-4-15-13(7-12)5-11(2)20-15/h3-7,9,20H,8H2,1-2H3,(H,18,21)(H,19,22). The van der Waals surface area contributed by atoms with Crippen LogP contribution in [0.3, 0.4) is 0 Å². The first-order valence-electron chi connectivity index (χ1n) is 7.09. The smallest absolute Gasteiger partial charge is 0.257 e. The van der Waals surface area contributed by atoms with Gasteiger partial charge in [0.2, 0.25) is 0 Å². The summed E-state index contributed by atoms with van der Waals surface area (Å²) in [5, 5.41) is 3.89. The van der Waals surface area contributed by atoms with Crippen LogP contribution in [0, 0.1) is 13.8 Å². The number of H-pyrrole nitrogens is 2. The predicted molar refractivity (Wildman–Crippen MR) is 86.0 cm³/mol. The van der Waals surface area contributed by atoms with Gasteiger partial charge in [-0.3, -0.25) is 9.59 Å². The van der Waals surface area contributed by atoms with E-state index in [-0.39, 0.29) is 16.9 Å². The normalized spacial score (nSPS) is 10.8. The molecule has 3 aromatic rings. The SMILES string of the molecule is Cc1cc(=O)c(C(=O)NCc2ccc3[nH]c(C)cc3c2)c[nH]1. The molecule has 112 valence electrons. The van der Waals surface area contributed by atoms with Crippen molar-refractivity contribution in [2.24, 2.45) is 0 Å². The van der Waals surface area contributed by atoms with Crippen molar-refractivity contribution >= 4 is 16.8 Å². The highest BCUT2D eigenvalue weighted by Gasteiger charge is 2.10. The van der Waals surface area contributed by atoms with E-state index in [1.54, 1.807) is 6.92 Å². The Balaban J connectivity index is 1.75. The Labute approximate surface area is 127 Å². The molecule has 1 aromatic carbocycles. The van der Waals surface area contributed by atoms with Gasteiger partial charge >= 0.3 is 0 Å². The number of carbonyl (C=O) groups is 1. The Hall–Kier alpha value is -2.82. The third-order valence-corrected chi connectivity index (χ3v) is 3.57. The minimum absolute atomic E-state index is 0.129. The molecule has 3 N–H and O–H groups in total. The molecule has 0 unspecified atom stereocenters. The van der Waals surface area contributed by atoms with Crippen LogP contribution < -0.4 is 10.7 Å². The van der Waals surface area contributed by atoms with E-state index in [9.17, 15) is 9.59 Å². The summed E-state index contributed by atoms with van der Waals surface area (Å²) in [6, 6.07) is 9.45. The van der Waals surface area contributed by atoms with Crippen molar-refractivity contribution in [2.75, 3.05) is 0 Å². The Bertz CT molecular complexity index is 906. The number of hydrogen-bond acceptors (Lipinski definition) is 2. The summed E-state index contributed by atoms with van der Waals surface area (Å²) in [6.45, 7) is 4.16. The van der Waals surface area contributed by atoms with Crippen LogP contribution in [0.15, 0.2) is 41.3 Å². The summed E-state index contributed by atoms with van der Waals surface area (Å²) in [6.07, 6.45) is 1.45. The zero-order chi connectivity index (χ0) is 15.7. The van der Waals surface area contributed by atoms with E-state index >= 15 is 0 Å². The van der Waals surface area contributed by atoms with Crippen molar-refractivity contribution < 1.29 is 4.79 Å². The second kappa shape index (κ2) is 5.52. The van der Waals surface area contributed by atoms with Crippen molar-refractivity contribution in [3.05, 3.63) is 69.3 Å². The Morgan fingerprint density at radius 2 is 1.95 bits per heavy atom. The van der Waals surface area contributed by atoms with Crippen LogP contribution >= 0.6 is 0 Å². The molecule has 0 aliphatic carbocycles. The monoisotopic (exact) mass is 295 g/mol. The molecule has 0 fully saturated rings. The summed E-state index contributed by atoms with van der Waals surface area (Å²) < 4.78 is 0. The van der Waals surface area contributed by atoms with Crippen LogP contribution in [0.25, 0.3) is 10.9 Å². The van der Waals surface area contributed by atoms with Crippen LogP contribution in [0.4, 0.5) is 0 Å². The maximum Gasteiger partial charge on any atom is 0.257 e. The summed E-state index contributed by atoms with van der Waals surface area (Å²) in [5.74, 6) is -0.369. The Morgan fingerprint density at radius 3 is 2.73 bits per heavy atom. The topological polar surface area (TPSA) is 77.8 Å². The second-order valence-corrected chi connectivity index (χ2v) is 5.45. The van der Waals surface area contributed by atoms with E-state index in [1.807, 2.05) is 25.1 Å². The van der Waals surface area contributed by atoms with Crippen molar-refractivity contribution in [3.63, 3.8) is 0 Å². The fourth-order valence-corrected chi connectivity index (χ4v) is 2.47. The van der Waals surface area contributed by atoms with Gasteiger partial charge in [0.25, 0.3) is 5.91 Å². The lowest BCUT2D eigenvalue weighted by atomic mass is 10.1. The highest BCUT2D eigenvalue weighted by atomic mass is 16.2. The third-order valence-electron chi connectivity index (χ3n) is 3.57. The summed E-state index contributed by atoms with van der Waals surface area (Å²) >= 11 is 0. The lowest BCUT2D eigenvalue weighted by Crippen LogP contribution is -2.28. The van der Waals surface area contributed by atoms with Crippen molar-refractivity contribution in [1.29, 1.82) is 0 Å². The summed E-state index contributed by atoms with van der Waals surface area (Å²) in [4.78, 5) is 30.0. The lowest BCUT2D eigenvalue weighted by Gasteiger charge is -2.05. The minimum atomic E-state index is -0.369. The molecule has 0 saturated carbocycles. The molecule has 2 heterocycles. The number of rotatable bonds is 3. The van der Waals surface area contributed by atoms with Gasteiger partial charge in [-0.2, -0.15) is 0 Å². The molecule has 0 saturated heterocycles. The van der Waals surface area contributed by atoms with E-state index in [2.05, 4.69) is 21.4 Å². The zero-order valence-corrected chi connectivity index (χ0v) is 12.5. The molecule has 0 aliphatic rings. The number of pyridine rings is 1. The van der Waals surface area contributed by atoms with Crippen LogP contribution in [0.2, 0.25) is 0 Å². The molecule has 22 heavy (non-hydrogen) atoms. The molecular formula is C17H17N3O2. The molecule has 5 heteroatoms. The average molecular weight is 295 g/mol. The number of fused-ring (bicyclic) bond motifs is 1. The first-order chi connectivity index (χ1) is 10.5. The molecule has 0 radical (unpaired) electrons. The van der Waals surface area contributed by atoms with E-state index < -0.39 is 0 Å². The number of carbonyl (C=O) groups excluding carboxylic acids is 1. The number of aromatic nitrogens is 2. The number of amides is 1. The van der Waals surface area contributed by atoms with E-state index in [1.165, 1.54) is 12.3 Å². The maximum absolute atomic E-state index is 12.1. The second-order valence-electron chi connectivity index (χ2n) is 5.45. The molecule has 3 rings (SSSR count). The molecule has 5 nitrogen and oxygen atoms in total. The average Bonchev–Trinajstić information content (AvgIpc) is 2.84. The number of aryl methyl sites for hydroxylation is 2. The van der Waals surface area contributed by atoms with Crippen LogP contribution in [0.1, 0.15) is 27.3 Å². The molecule has 0 bridgehead atoms. The van der Waals surface area contributed by atoms with Gasteiger partial charge < -0.3 is 15.3 Å². The van der Waals surface area contributed by atoms with E-state index in [4.69, 9.17) is 0 Å². The van der Waals surface area contributed by atoms with Gasteiger partial charge in [-0.1, -0.05) is 6.07 Å². The highest BCUT2D eigenvalue weighted by molar-refractivity contribution is 5.93. The zero-order valence-electron chi connectivity index (χ0n) is 12.5. The first-order valence-corrected chi connectivity index (χ1v) is 7.09. The van der Waals surface area contributed by atoms with Crippen LogP contribution in [-0.2, 0) is 6.54 Å². The van der Waals surface area contributed by atoms with Gasteiger partial charge in [0.1, 0.15) is 5.56 Å². The Morgan fingerprint density at radius 1 is 1.14 bits per heavy atom. The number of nitrogens with one attached hydrogen (secondary N) is 3. The van der Waals surface area contributed by atoms with Gasteiger partial charge in [0.05, 0.1) is 0 Å². The minimum Gasteiger partial charge on any atom is -0.364 e. The predicted octanol–water partition coefficient (Wildman–Crippen LogP) is 2.40. The number of aromatic amines is 2. The Kier molecular flexibility index (Phi) is 3.55. The van der Waals surface area contributed by atoms with Crippen LogP contribution in [-0.4, -0.2) is 15.9 Å². The van der Waals surface area contributed by atoms with Crippen molar-refractivity contribution in [2.45, 2.75) is 20.4 Å². The fraction of sp³-hybridized carbons (Fsp3) is 0.176. The molecule has 1 amide bonds. The van der Waals surface area contributed by atoms with E-state index in [0.717, 1.165) is 27.9 Å². The maximum atomic E-state index is 12.1. The largest absolute Gasteiger partial charge is 0.364 e. The first kappa shape index (κ1) is 14.1. The van der Waals surface area contributed by atoms with Gasteiger partial charge in [-0.05, 0) is 43.0 Å². The summed E-state index contributed by atoms with van der Waals surface area (Å²) in [7, 11) is 0. The van der Waals surface area contributed by atoms with Crippen molar-refractivity contribution in [1.82, 2.24) is 15.3 Å². The lowest BCUT2D eigenvalue weighted by molar-refractivity contribution is 0.0949. The highest BCUT2D eigenvalue weighted by Crippen LogP contribution is 2.16. The number of hydrogen-bond donors (Lipinski definition) is 3. The van der Waals surface area contributed by atoms with Gasteiger partial charge in [-0.25, -0.2) is 0 Å². The van der Waals surface area contributed by atoms with Crippen molar-refractivity contribution in [3.8, 4) is 0 Å². The van der Waals surface area contributed by atoms with Gasteiger partial charge in [-0.15, -0.1) is 0 Å². The molecule has 0 aliphatic heterocycles. The van der Waals surface area contributed by atoms with E-state index in [0.29, 0.717) is 6.54 Å². The van der Waals surface area contributed by atoms with Gasteiger partial charge in [0, 0.05) is 35.7 Å². The third kappa shape index (κ3) is 2.79. The molecule has 0 spiro atoms. The quantitative estimate of drug-likeness (QED) is 0.694. The summed E-state index contributed by atoms with van der Waals surface area (Å²) in [5.41, 5.74) is 3.75. The molecule has 2 aromatic heterocycles. The number of benzene rings is 1. The molecule has 0 atom stereocenters. The fourth-order valence-electron chi connectivity index (χ4n) is 2.47. The van der Waals surface area contributed by atoms with Gasteiger partial charge in [0.15, 0.2) is 5.43 Å². The molecular weight excluding hydrogens is 278 g/mol.